The summed E-state index contributed by atoms with van der Waals surface area (Å²) in [6.07, 6.45) is 2.37. The molecule has 1 N–H and O–H groups in total. The second-order valence-electron chi connectivity index (χ2n) is 3.68. The van der Waals surface area contributed by atoms with Crippen LogP contribution in [0.5, 0.6) is 0 Å². The molecule has 0 radical (unpaired) electrons. The molecule has 0 aromatic rings. The molecule has 78 valence electrons. The molecule has 0 saturated heterocycles. The minimum atomic E-state index is -0.710. The lowest BCUT2D eigenvalue weighted by Gasteiger charge is -2.25. The molecule has 0 unspecified atom stereocenters. The molecule has 0 amide bonds. The Morgan fingerprint density at radius 3 is 2.79 bits per heavy atom. The normalized spacial score (nSPS) is 26.6. The van der Waals surface area contributed by atoms with Crippen LogP contribution in [-0.2, 0) is 9.53 Å². The fraction of sp³-hybridized carbons (Fsp3) is 0.545. The Bertz CT molecular complexity index is 278. The summed E-state index contributed by atoms with van der Waals surface area (Å²) in [7, 11) is 1.32. The molecule has 0 heterocycles. The van der Waals surface area contributed by atoms with E-state index in [0.29, 0.717) is 12.0 Å². The number of aliphatic hydroxyl groups excluding tert-OH is 1. The zero-order chi connectivity index (χ0) is 10.7. The topological polar surface area (TPSA) is 46.5 Å². The number of carbonyl (C=O) groups is 1. The molecule has 1 aliphatic carbocycles. The molecule has 1 aliphatic rings. The summed E-state index contributed by atoms with van der Waals surface area (Å²) in [5.74, 6) is -0.156. The molecular formula is C11H16O3. The molecule has 1 rings (SSSR count). The third kappa shape index (κ3) is 2.23. The molecule has 0 saturated carbocycles. The lowest BCUT2D eigenvalue weighted by Crippen LogP contribution is -2.26. The second kappa shape index (κ2) is 4.42. The van der Waals surface area contributed by atoms with E-state index in [-0.39, 0.29) is 5.92 Å². The van der Waals surface area contributed by atoms with Crippen LogP contribution in [-0.4, -0.2) is 24.3 Å². The van der Waals surface area contributed by atoms with Gasteiger partial charge in [0.1, 0.15) is 0 Å². The highest BCUT2D eigenvalue weighted by molar-refractivity contribution is 5.89. The maximum absolute atomic E-state index is 11.2. The molecule has 0 fully saturated rings. The largest absolute Gasteiger partial charge is 0.466 e. The summed E-state index contributed by atoms with van der Waals surface area (Å²) in [6.45, 7) is 5.79. The first kappa shape index (κ1) is 11.0. The molecule has 14 heavy (non-hydrogen) atoms. The Morgan fingerprint density at radius 2 is 2.36 bits per heavy atom. The number of rotatable bonds is 2. The molecule has 3 heteroatoms. The number of hydrogen-bond donors (Lipinski definition) is 1. The highest BCUT2D eigenvalue weighted by Gasteiger charge is 2.27. The lowest BCUT2D eigenvalue weighted by molar-refractivity contribution is -0.137. The van der Waals surface area contributed by atoms with Gasteiger partial charge in [0.05, 0.1) is 18.8 Å². The van der Waals surface area contributed by atoms with E-state index in [2.05, 4.69) is 11.3 Å². The highest BCUT2D eigenvalue weighted by atomic mass is 16.5. The maximum Gasteiger partial charge on any atom is 0.336 e. The van der Waals surface area contributed by atoms with Crippen LogP contribution in [0.3, 0.4) is 0 Å². The van der Waals surface area contributed by atoms with Crippen molar-refractivity contribution in [2.45, 2.75) is 25.9 Å². The first-order valence-electron chi connectivity index (χ1n) is 4.68. The number of allylic oxidation sites excluding steroid dienone is 2. The van der Waals surface area contributed by atoms with Crippen LogP contribution in [0.15, 0.2) is 23.8 Å². The van der Waals surface area contributed by atoms with E-state index in [4.69, 9.17) is 0 Å². The Labute approximate surface area is 84.1 Å². The zero-order valence-corrected chi connectivity index (χ0v) is 8.62. The van der Waals surface area contributed by atoms with Gasteiger partial charge in [-0.3, -0.25) is 0 Å². The van der Waals surface area contributed by atoms with Crippen LogP contribution in [0.4, 0.5) is 0 Å². The lowest BCUT2D eigenvalue weighted by atomic mass is 9.84. The Hall–Kier alpha value is -1.09. The van der Waals surface area contributed by atoms with Crippen LogP contribution < -0.4 is 0 Å². The third-order valence-electron chi connectivity index (χ3n) is 2.61. The monoisotopic (exact) mass is 196 g/mol. The number of ether oxygens (including phenoxy) is 1. The van der Waals surface area contributed by atoms with Crippen LogP contribution >= 0.6 is 0 Å². The molecule has 0 aromatic heterocycles. The number of carbonyl (C=O) groups excluding carboxylic acids is 1. The molecule has 0 aliphatic heterocycles. The fourth-order valence-corrected chi connectivity index (χ4v) is 1.64. The van der Waals surface area contributed by atoms with Gasteiger partial charge in [0.15, 0.2) is 0 Å². The quantitative estimate of drug-likeness (QED) is 0.537. The van der Waals surface area contributed by atoms with Crippen LogP contribution in [0.1, 0.15) is 19.8 Å². The van der Waals surface area contributed by atoms with E-state index in [0.717, 1.165) is 12.0 Å². The van der Waals surface area contributed by atoms with Crippen molar-refractivity contribution < 1.29 is 14.6 Å². The molecular weight excluding hydrogens is 180 g/mol. The first-order chi connectivity index (χ1) is 6.56. The predicted molar refractivity (Wildman–Crippen MR) is 53.6 cm³/mol. The number of hydrogen-bond acceptors (Lipinski definition) is 3. The number of esters is 1. The average molecular weight is 196 g/mol. The van der Waals surface area contributed by atoms with E-state index >= 15 is 0 Å². The maximum atomic E-state index is 11.2. The summed E-state index contributed by atoms with van der Waals surface area (Å²) >= 11 is 0. The summed E-state index contributed by atoms with van der Waals surface area (Å²) in [6, 6.07) is 0. The van der Waals surface area contributed by atoms with E-state index in [1.54, 1.807) is 6.08 Å². The minimum Gasteiger partial charge on any atom is -0.466 e. The van der Waals surface area contributed by atoms with E-state index in [1.165, 1.54) is 7.11 Å². The molecule has 3 nitrogen and oxygen atoms in total. The van der Waals surface area contributed by atoms with Crippen LogP contribution in [0.25, 0.3) is 0 Å². The highest BCUT2D eigenvalue weighted by Crippen LogP contribution is 2.28. The van der Waals surface area contributed by atoms with Gasteiger partial charge in [-0.15, -0.1) is 0 Å². The van der Waals surface area contributed by atoms with E-state index in [1.807, 2.05) is 6.92 Å². The Morgan fingerprint density at radius 1 is 1.71 bits per heavy atom. The predicted octanol–water partition coefficient (Wildman–Crippen LogP) is 1.43. The van der Waals surface area contributed by atoms with Gasteiger partial charge in [0.2, 0.25) is 0 Å². The standard InChI is InChI=1S/C11H16O3/c1-7(2)8-4-5-9(10(12)6-8)11(13)14-3/h5,8,10,12H,1,4,6H2,2-3H3/t8-,10-/m1/s1. The third-order valence-corrected chi connectivity index (χ3v) is 2.61. The summed E-state index contributed by atoms with van der Waals surface area (Å²) in [5, 5.41) is 9.68. The molecule has 0 spiro atoms. The summed E-state index contributed by atoms with van der Waals surface area (Å²) in [5.41, 5.74) is 1.43. The van der Waals surface area contributed by atoms with Gasteiger partial charge in [0.25, 0.3) is 0 Å². The first-order valence-corrected chi connectivity index (χ1v) is 4.68. The fourth-order valence-electron chi connectivity index (χ4n) is 1.64. The Balaban J connectivity index is 2.74. The van der Waals surface area contributed by atoms with Gasteiger partial charge in [-0.1, -0.05) is 18.2 Å². The van der Waals surface area contributed by atoms with Crippen molar-refractivity contribution in [2.75, 3.05) is 7.11 Å². The van der Waals surface area contributed by atoms with Crippen molar-refractivity contribution in [2.24, 2.45) is 5.92 Å². The SMILES string of the molecule is C=C(C)[C@@H]1CC=C(C(=O)OC)[C@H](O)C1. The van der Waals surface area contributed by atoms with Gasteiger partial charge in [-0.25, -0.2) is 4.79 Å². The van der Waals surface area contributed by atoms with Crippen molar-refractivity contribution in [3.05, 3.63) is 23.8 Å². The van der Waals surface area contributed by atoms with Crippen molar-refractivity contribution in [3.8, 4) is 0 Å². The van der Waals surface area contributed by atoms with Crippen molar-refractivity contribution in [1.82, 2.24) is 0 Å². The number of methoxy groups -OCH3 is 1. The van der Waals surface area contributed by atoms with Crippen LogP contribution in [0.2, 0.25) is 0 Å². The van der Waals surface area contributed by atoms with Crippen LogP contribution in [0, 0.1) is 5.92 Å². The van der Waals surface area contributed by atoms with Gasteiger partial charge in [0, 0.05) is 0 Å². The molecule has 2 atom stereocenters. The summed E-state index contributed by atoms with van der Waals surface area (Å²) in [4.78, 5) is 11.2. The number of aliphatic hydroxyl groups is 1. The van der Waals surface area contributed by atoms with Gasteiger partial charge < -0.3 is 9.84 Å². The summed E-state index contributed by atoms with van der Waals surface area (Å²) < 4.78 is 4.57. The van der Waals surface area contributed by atoms with Gasteiger partial charge >= 0.3 is 5.97 Å². The minimum absolute atomic E-state index is 0.276. The smallest absolute Gasteiger partial charge is 0.336 e. The van der Waals surface area contributed by atoms with Gasteiger partial charge in [-0.05, 0) is 25.7 Å². The molecule has 0 bridgehead atoms. The average Bonchev–Trinajstić information content (AvgIpc) is 2.16. The molecule has 0 aromatic carbocycles. The zero-order valence-electron chi connectivity index (χ0n) is 8.62. The van der Waals surface area contributed by atoms with Crippen molar-refractivity contribution >= 4 is 5.97 Å². The Kier molecular flexibility index (Phi) is 3.47. The second-order valence-corrected chi connectivity index (χ2v) is 3.68. The van der Waals surface area contributed by atoms with Crippen molar-refractivity contribution in [3.63, 3.8) is 0 Å². The van der Waals surface area contributed by atoms with E-state index in [9.17, 15) is 9.90 Å². The van der Waals surface area contributed by atoms with Crippen molar-refractivity contribution in [1.29, 1.82) is 0 Å². The van der Waals surface area contributed by atoms with E-state index < -0.39 is 12.1 Å². The van der Waals surface area contributed by atoms with Gasteiger partial charge in [-0.2, -0.15) is 0 Å².